The molecule has 0 unspecified atom stereocenters. The minimum absolute atomic E-state index is 0.419. The van der Waals surface area contributed by atoms with Crippen LogP contribution in [0.2, 0.25) is 0 Å². The SMILES string of the molecule is C=C1CC(CC)(CC)Cc2ccc(C3=CC4=C(CCc5ccccc54)C3)cc21. The first-order chi connectivity index (χ1) is 13.6. The average Bonchev–Trinajstić information content (AvgIpc) is 3.18. The zero-order chi connectivity index (χ0) is 19.3. The Balaban J connectivity index is 1.49. The summed E-state index contributed by atoms with van der Waals surface area (Å²) in [5.74, 6) is 0. The van der Waals surface area contributed by atoms with Crippen molar-refractivity contribution in [3.05, 3.63) is 88.5 Å². The maximum atomic E-state index is 4.49. The smallest absolute Gasteiger partial charge is 0.00516 e. The number of allylic oxidation sites excluding steroid dienone is 5. The van der Waals surface area contributed by atoms with Gasteiger partial charge in [-0.25, -0.2) is 0 Å². The number of rotatable bonds is 3. The van der Waals surface area contributed by atoms with Gasteiger partial charge in [0.1, 0.15) is 0 Å². The van der Waals surface area contributed by atoms with Crippen LogP contribution in [0.25, 0.3) is 16.7 Å². The number of benzene rings is 2. The fourth-order valence-electron chi connectivity index (χ4n) is 5.64. The van der Waals surface area contributed by atoms with Gasteiger partial charge < -0.3 is 0 Å². The molecule has 0 bridgehead atoms. The molecule has 0 spiro atoms. The fourth-order valence-corrected chi connectivity index (χ4v) is 5.64. The Morgan fingerprint density at radius 2 is 1.71 bits per heavy atom. The van der Waals surface area contributed by atoms with Crippen LogP contribution in [-0.4, -0.2) is 0 Å². The average molecular weight is 367 g/mol. The molecule has 0 saturated heterocycles. The molecule has 142 valence electrons. The third-order valence-electron chi connectivity index (χ3n) is 7.62. The van der Waals surface area contributed by atoms with Crippen LogP contribution in [-0.2, 0) is 12.8 Å². The van der Waals surface area contributed by atoms with E-state index in [9.17, 15) is 0 Å². The number of hydrogen-bond donors (Lipinski definition) is 0. The third-order valence-corrected chi connectivity index (χ3v) is 7.62. The van der Waals surface area contributed by atoms with Crippen molar-refractivity contribution in [3.63, 3.8) is 0 Å². The third kappa shape index (κ3) is 2.73. The van der Waals surface area contributed by atoms with Crippen LogP contribution < -0.4 is 0 Å². The topological polar surface area (TPSA) is 0 Å². The summed E-state index contributed by atoms with van der Waals surface area (Å²) >= 11 is 0. The van der Waals surface area contributed by atoms with Crippen molar-refractivity contribution in [1.29, 1.82) is 0 Å². The Labute approximate surface area is 169 Å². The Morgan fingerprint density at radius 3 is 2.54 bits per heavy atom. The Hall–Kier alpha value is -2.34. The fraction of sp³-hybridized carbons (Fsp3) is 0.357. The molecule has 0 atom stereocenters. The second kappa shape index (κ2) is 6.62. The van der Waals surface area contributed by atoms with Crippen LogP contribution in [0.5, 0.6) is 0 Å². The molecule has 0 fully saturated rings. The van der Waals surface area contributed by atoms with Crippen LogP contribution in [0.4, 0.5) is 0 Å². The van der Waals surface area contributed by atoms with Crippen molar-refractivity contribution in [1.82, 2.24) is 0 Å². The maximum Gasteiger partial charge on any atom is -0.00516 e. The summed E-state index contributed by atoms with van der Waals surface area (Å²) in [6, 6.07) is 16.1. The van der Waals surface area contributed by atoms with Crippen LogP contribution in [0.3, 0.4) is 0 Å². The van der Waals surface area contributed by atoms with Crippen molar-refractivity contribution in [2.45, 2.75) is 58.8 Å². The van der Waals surface area contributed by atoms with Crippen molar-refractivity contribution in [3.8, 4) is 0 Å². The molecule has 0 aromatic heterocycles. The highest BCUT2D eigenvalue weighted by Gasteiger charge is 2.33. The van der Waals surface area contributed by atoms with E-state index in [-0.39, 0.29) is 0 Å². The van der Waals surface area contributed by atoms with E-state index in [1.54, 1.807) is 5.57 Å². The van der Waals surface area contributed by atoms with Gasteiger partial charge in [0.05, 0.1) is 0 Å². The van der Waals surface area contributed by atoms with E-state index in [4.69, 9.17) is 0 Å². The second-order valence-electron chi connectivity index (χ2n) is 9.06. The van der Waals surface area contributed by atoms with Gasteiger partial charge in [0.15, 0.2) is 0 Å². The van der Waals surface area contributed by atoms with Gasteiger partial charge in [0.2, 0.25) is 0 Å². The molecule has 2 aromatic carbocycles. The van der Waals surface area contributed by atoms with E-state index >= 15 is 0 Å². The highest BCUT2D eigenvalue weighted by Crippen LogP contribution is 2.48. The molecule has 0 radical (unpaired) electrons. The lowest BCUT2D eigenvalue weighted by Gasteiger charge is -2.38. The summed E-state index contributed by atoms with van der Waals surface area (Å²) in [6.45, 7) is 9.17. The molecule has 0 amide bonds. The second-order valence-corrected chi connectivity index (χ2v) is 9.06. The molecular weight excluding hydrogens is 336 g/mol. The Kier molecular flexibility index (Phi) is 4.19. The molecule has 0 heterocycles. The highest BCUT2D eigenvalue weighted by molar-refractivity contribution is 5.94. The van der Waals surface area contributed by atoms with E-state index in [1.807, 2.05) is 0 Å². The molecule has 3 aliphatic carbocycles. The molecule has 2 aromatic rings. The summed E-state index contributed by atoms with van der Waals surface area (Å²) in [5, 5.41) is 0. The summed E-state index contributed by atoms with van der Waals surface area (Å²) in [5.41, 5.74) is 13.6. The van der Waals surface area contributed by atoms with E-state index in [2.05, 4.69) is 69.0 Å². The van der Waals surface area contributed by atoms with E-state index in [0.29, 0.717) is 5.41 Å². The summed E-state index contributed by atoms with van der Waals surface area (Å²) < 4.78 is 0. The summed E-state index contributed by atoms with van der Waals surface area (Å²) in [7, 11) is 0. The Morgan fingerprint density at radius 1 is 0.893 bits per heavy atom. The molecular formula is C28H30. The lowest BCUT2D eigenvalue weighted by atomic mass is 9.66. The van der Waals surface area contributed by atoms with E-state index in [0.717, 1.165) is 12.8 Å². The van der Waals surface area contributed by atoms with Crippen LogP contribution in [0.15, 0.2) is 60.7 Å². The molecule has 5 rings (SSSR count). The monoisotopic (exact) mass is 366 g/mol. The van der Waals surface area contributed by atoms with Crippen LogP contribution >= 0.6 is 0 Å². The van der Waals surface area contributed by atoms with Crippen LogP contribution in [0.1, 0.15) is 73.8 Å². The summed E-state index contributed by atoms with van der Waals surface area (Å²) in [4.78, 5) is 0. The largest absolute Gasteiger partial charge is 0.0952 e. The lowest BCUT2D eigenvalue weighted by Crippen LogP contribution is -2.26. The van der Waals surface area contributed by atoms with Gasteiger partial charge >= 0.3 is 0 Å². The standard InChI is InChI=1S/C28H30/c1-4-28(5-2)17-19(3)26-15-21(11-13-23(26)18-28)24-14-22-12-10-20-8-6-7-9-25(20)27(22)16-24/h6-9,11,13,15-16H,3-5,10,12,14,17-18H2,1-2H3. The van der Waals surface area contributed by atoms with Crippen molar-refractivity contribution < 1.29 is 0 Å². The van der Waals surface area contributed by atoms with Crippen LogP contribution in [0, 0.1) is 5.41 Å². The van der Waals surface area contributed by atoms with Gasteiger partial charge in [-0.2, -0.15) is 0 Å². The first-order valence-electron chi connectivity index (χ1n) is 10.9. The van der Waals surface area contributed by atoms with Crippen molar-refractivity contribution in [2.24, 2.45) is 5.41 Å². The van der Waals surface area contributed by atoms with E-state index in [1.165, 1.54) is 76.6 Å². The minimum atomic E-state index is 0.419. The van der Waals surface area contributed by atoms with Gasteiger partial charge in [-0.15, -0.1) is 0 Å². The minimum Gasteiger partial charge on any atom is -0.0952 e. The zero-order valence-corrected chi connectivity index (χ0v) is 17.3. The molecule has 0 nitrogen and oxygen atoms in total. The van der Waals surface area contributed by atoms with Gasteiger partial charge in [-0.05, 0) is 101 Å². The van der Waals surface area contributed by atoms with Gasteiger partial charge in [-0.3, -0.25) is 0 Å². The van der Waals surface area contributed by atoms with E-state index < -0.39 is 0 Å². The van der Waals surface area contributed by atoms with Gasteiger partial charge in [0.25, 0.3) is 0 Å². The summed E-state index contributed by atoms with van der Waals surface area (Å²) in [6.07, 6.45) is 10.8. The Bertz CT molecular complexity index is 1020. The first-order valence-corrected chi connectivity index (χ1v) is 10.9. The zero-order valence-electron chi connectivity index (χ0n) is 17.3. The molecule has 0 saturated carbocycles. The number of aryl methyl sites for hydroxylation is 1. The highest BCUT2D eigenvalue weighted by atomic mass is 14.4. The molecule has 0 heteroatoms. The first kappa shape index (κ1) is 17.7. The maximum absolute atomic E-state index is 4.49. The number of hydrogen-bond acceptors (Lipinski definition) is 0. The molecule has 28 heavy (non-hydrogen) atoms. The quantitative estimate of drug-likeness (QED) is 0.523. The predicted molar refractivity (Wildman–Crippen MR) is 121 cm³/mol. The molecule has 3 aliphatic rings. The van der Waals surface area contributed by atoms with Gasteiger partial charge in [-0.1, -0.05) is 68.5 Å². The van der Waals surface area contributed by atoms with Crippen molar-refractivity contribution >= 4 is 16.7 Å². The lowest BCUT2D eigenvalue weighted by molar-refractivity contribution is 0.261. The normalized spacial score (nSPS) is 19.8. The van der Waals surface area contributed by atoms with Crippen molar-refractivity contribution in [2.75, 3.05) is 0 Å². The predicted octanol–water partition coefficient (Wildman–Crippen LogP) is 7.64. The molecule has 0 aliphatic heterocycles. The van der Waals surface area contributed by atoms with Gasteiger partial charge in [0, 0.05) is 0 Å². The number of fused-ring (bicyclic) bond motifs is 3. The molecule has 0 N–H and O–H groups in total.